The van der Waals surface area contributed by atoms with Gasteiger partial charge in [0.25, 0.3) is 5.91 Å². The molecule has 0 spiro atoms. The van der Waals surface area contributed by atoms with Gasteiger partial charge in [0.15, 0.2) is 11.6 Å². The summed E-state index contributed by atoms with van der Waals surface area (Å²) in [7, 11) is 3.23. The summed E-state index contributed by atoms with van der Waals surface area (Å²) in [5.74, 6) is -0.382. The van der Waals surface area contributed by atoms with Gasteiger partial charge in [-0.2, -0.15) is 5.10 Å². The zero-order valence-corrected chi connectivity index (χ0v) is 17.4. The second kappa shape index (κ2) is 7.56. The minimum Gasteiger partial charge on any atom is -0.355 e. The Labute approximate surface area is 182 Å². The van der Waals surface area contributed by atoms with Crippen LogP contribution in [0.15, 0.2) is 36.8 Å². The minimum atomic E-state index is -0.497. The number of rotatable bonds is 5. The van der Waals surface area contributed by atoms with Crippen LogP contribution in [0.5, 0.6) is 0 Å². The fraction of sp³-hybridized carbons (Fsp3) is 0.227. The first kappa shape index (κ1) is 19.9. The molecule has 162 valence electrons. The molecule has 1 saturated carbocycles. The molecule has 3 N–H and O–H groups in total. The van der Waals surface area contributed by atoms with Crippen LogP contribution in [0.1, 0.15) is 23.2 Å². The van der Waals surface area contributed by atoms with Gasteiger partial charge < -0.3 is 15.6 Å². The number of halogens is 1. The summed E-state index contributed by atoms with van der Waals surface area (Å²) in [6, 6.07) is 6.63. The van der Waals surface area contributed by atoms with Gasteiger partial charge in [-0.1, -0.05) is 6.07 Å². The molecule has 10 heteroatoms. The Hall–Kier alpha value is -4.08. The Morgan fingerprint density at radius 3 is 2.69 bits per heavy atom. The number of pyridine rings is 1. The number of nitrogens with zero attached hydrogens (tertiary/aromatic N) is 4. The van der Waals surface area contributed by atoms with E-state index in [4.69, 9.17) is 0 Å². The quantitative estimate of drug-likeness (QED) is 0.447. The highest BCUT2D eigenvalue weighted by Crippen LogP contribution is 2.35. The van der Waals surface area contributed by atoms with Crippen LogP contribution in [0.25, 0.3) is 33.5 Å². The average Bonchev–Trinajstić information content (AvgIpc) is 3.41. The number of carbonyl (C=O) groups is 2. The van der Waals surface area contributed by atoms with Crippen molar-refractivity contribution < 1.29 is 14.0 Å². The summed E-state index contributed by atoms with van der Waals surface area (Å²) in [6.45, 7) is 0. The lowest BCUT2D eigenvalue weighted by Crippen LogP contribution is -2.19. The van der Waals surface area contributed by atoms with E-state index in [2.05, 4.69) is 30.7 Å². The van der Waals surface area contributed by atoms with Crippen molar-refractivity contribution in [1.29, 1.82) is 0 Å². The third-order valence-electron chi connectivity index (χ3n) is 5.46. The van der Waals surface area contributed by atoms with Gasteiger partial charge in [0.05, 0.1) is 16.6 Å². The van der Waals surface area contributed by atoms with Crippen molar-refractivity contribution in [2.45, 2.75) is 12.8 Å². The number of nitrogens with one attached hydrogen (secondary N) is 3. The first-order valence-electron chi connectivity index (χ1n) is 10.2. The number of fused-ring (bicyclic) bond motifs is 1. The van der Waals surface area contributed by atoms with Crippen molar-refractivity contribution in [3.8, 4) is 22.6 Å². The van der Waals surface area contributed by atoms with Gasteiger partial charge >= 0.3 is 0 Å². The van der Waals surface area contributed by atoms with Crippen molar-refractivity contribution in [3.05, 3.63) is 48.2 Å². The summed E-state index contributed by atoms with van der Waals surface area (Å²) in [5, 5.41) is 10.1. The number of H-pyrrole nitrogens is 1. The van der Waals surface area contributed by atoms with E-state index in [-0.39, 0.29) is 34.7 Å². The maximum Gasteiger partial charge on any atom is 0.253 e. The van der Waals surface area contributed by atoms with E-state index in [1.807, 2.05) is 0 Å². The molecule has 0 bridgehead atoms. The molecule has 5 rings (SSSR count). The Kier molecular flexibility index (Phi) is 4.69. The maximum absolute atomic E-state index is 15.5. The lowest BCUT2D eigenvalue weighted by Gasteiger charge is -2.07. The topological polar surface area (TPSA) is 118 Å². The predicted molar refractivity (Wildman–Crippen MR) is 116 cm³/mol. The molecule has 9 nitrogen and oxygen atoms in total. The molecule has 4 aromatic rings. The van der Waals surface area contributed by atoms with Gasteiger partial charge in [-0.05, 0) is 31.0 Å². The average molecular weight is 433 g/mol. The van der Waals surface area contributed by atoms with Crippen LogP contribution in [0.3, 0.4) is 0 Å². The Bertz CT molecular complexity index is 1370. The predicted octanol–water partition coefficient (Wildman–Crippen LogP) is 2.87. The van der Waals surface area contributed by atoms with Gasteiger partial charge in [0.1, 0.15) is 12.1 Å². The van der Waals surface area contributed by atoms with E-state index >= 15 is 4.39 Å². The number of aryl methyl sites for hydroxylation is 1. The monoisotopic (exact) mass is 433 g/mol. The van der Waals surface area contributed by atoms with Crippen LogP contribution in [0, 0.1) is 11.7 Å². The molecule has 32 heavy (non-hydrogen) atoms. The van der Waals surface area contributed by atoms with Crippen LogP contribution < -0.4 is 10.6 Å². The van der Waals surface area contributed by atoms with Gasteiger partial charge in [-0.15, -0.1) is 0 Å². The van der Waals surface area contributed by atoms with Crippen molar-refractivity contribution in [2.75, 3.05) is 12.4 Å². The highest BCUT2D eigenvalue weighted by Gasteiger charge is 2.30. The molecular formula is C22H20FN7O2. The molecule has 0 unspecified atom stereocenters. The number of aromatic amines is 1. The van der Waals surface area contributed by atoms with Gasteiger partial charge in [-0.25, -0.2) is 14.4 Å². The van der Waals surface area contributed by atoms with E-state index in [0.29, 0.717) is 28.0 Å². The van der Waals surface area contributed by atoms with E-state index < -0.39 is 5.82 Å². The van der Waals surface area contributed by atoms with E-state index in [1.165, 1.54) is 24.3 Å². The second-order valence-corrected chi connectivity index (χ2v) is 7.74. The first-order valence-corrected chi connectivity index (χ1v) is 10.2. The highest BCUT2D eigenvalue weighted by molar-refractivity contribution is 6.11. The van der Waals surface area contributed by atoms with E-state index in [0.717, 1.165) is 12.8 Å². The molecule has 2 amide bonds. The molecule has 0 radical (unpaired) electrons. The Morgan fingerprint density at radius 1 is 1.22 bits per heavy atom. The Balaban J connectivity index is 1.65. The van der Waals surface area contributed by atoms with Crippen LogP contribution in [-0.4, -0.2) is 43.6 Å². The standard InChI is InChI=1S/C22H20FN7O2/c1-24-22(32)15-9-25-20(28-21(31)11-6-7-11)18-14(15)8-16(27-18)12-4-3-5-13(17(12)23)19-26-10-30(2)29-19/h3-5,8-11,27H,6-7H2,1-2H3,(H,24,32)(H,25,28,31). The van der Waals surface area contributed by atoms with Crippen molar-refractivity contribution in [3.63, 3.8) is 0 Å². The Morgan fingerprint density at radius 2 is 2.00 bits per heavy atom. The first-order chi connectivity index (χ1) is 15.5. The third-order valence-corrected chi connectivity index (χ3v) is 5.46. The SMILES string of the molecule is CNC(=O)c1cnc(NC(=O)C2CC2)c2[nH]c(-c3cccc(-c4ncn(C)n4)c3F)cc12. The zero-order valence-electron chi connectivity index (χ0n) is 17.4. The lowest BCUT2D eigenvalue weighted by molar-refractivity contribution is -0.117. The molecule has 3 heterocycles. The molecule has 3 aromatic heterocycles. The molecule has 0 aliphatic heterocycles. The molecule has 0 atom stereocenters. The number of anilines is 1. The second-order valence-electron chi connectivity index (χ2n) is 7.74. The number of amides is 2. The smallest absolute Gasteiger partial charge is 0.253 e. The van der Waals surface area contributed by atoms with E-state index in [1.54, 1.807) is 31.3 Å². The summed E-state index contributed by atoms with van der Waals surface area (Å²) in [6.07, 6.45) is 4.61. The largest absolute Gasteiger partial charge is 0.355 e. The number of benzene rings is 1. The number of hydrogen-bond donors (Lipinski definition) is 3. The molecule has 1 aromatic carbocycles. The van der Waals surface area contributed by atoms with Gasteiger partial charge in [0, 0.05) is 42.9 Å². The lowest BCUT2D eigenvalue weighted by atomic mass is 10.1. The summed E-state index contributed by atoms with van der Waals surface area (Å²) < 4.78 is 17.0. The normalized spacial score (nSPS) is 13.3. The number of hydrogen-bond acceptors (Lipinski definition) is 5. The zero-order chi connectivity index (χ0) is 22.4. The fourth-order valence-electron chi connectivity index (χ4n) is 3.61. The molecule has 1 fully saturated rings. The molecular weight excluding hydrogens is 413 g/mol. The van der Waals surface area contributed by atoms with Crippen molar-refractivity contribution >= 4 is 28.5 Å². The third kappa shape index (κ3) is 3.39. The van der Waals surface area contributed by atoms with E-state index in [9.17, 15) is 9.59 Å². The minimum absolute atomic E-state index is 0.0140. The van der Waals surface area contributed by atoms with Crippen LogP contribution in [-0.2, 0) is 11.8 Å². The molecule has 0 saturated heterocycles. The van der Waals surface area contributed by atoms with Crippen LogP contribution in [0.2, 0.25) is 0 Å². The number of carbonyl (C=O) groups excluding carboxylic acids is 2. The summed E-state index contributed by atoms with van der Waals surface area (Å²) >= 11 is 0. The maximum atomic E-state index is 15.5. The number of aromatic nitrogens is 5. The van der Waals surface area contributed by atoms with Crippen LogP contribution >= 0.6 is 0 Å². The van der Waals surface area contributed by atoms with Crippen molar-refractivity contribution in [2.24, 2.45) is 13.0 Å². The highest BCUT2D eigenvalue weighted by atomic mass is 19.1. The summed E-state index contributed by atoms with van der Waals surface area (Å²) in [5.41, 5.74) is 1.76. The molecule has 1 aliphatic rings. The van der Waals surface area contributed by atoms with Crippen LogP contribution in [0.4, 0.5) is 10.2 Å². The fourth-order valence-corrected chi connectivity index (χ4v) is 3.61. The van der Waals surface area contributed by atoms with Crippen molar-refractivity contribution in [1.82, 2.24) is 30.0 Å². The summed E-state index contributed by atoms with van der Waals surface area (Å²) in [4.78, 5) is 36.3. The van der Waals surface area contributed by atoms with Gasteiger partial charge in [-0.3, -0.25) is 14.3 Å². The van der Waals surface area contributed by atoms with Gasteiger partial charge in [0.2, 0.25) is 5.91 Å². The molecule has 1 aliphatic carbocycles.